The van der Waals surface area contributed by atoms with Gasteiger partial charge in [-0.1, -0.05) is 44.2 Å². The fourth-order valence-electron chi connectivity index (χ4n) is 0.692. The number of hydrogen-bond acceptors (Lipinski definition) is 1. The van der Waals surface area contributed by atoms with E-state index in [9.17, 15) is 0 Å². The molecule has 0 aliphatic heterocycles. The summed E-state index contributed by atoms with van der Waals surface area (Å²) in [4.78, 5) is 0. The zero-order valence-electron chi connectivity index (χ0n) is 6.87. The molecular weight excluding hydrogens is 171 g/mol. The van der Waals surface area contributed by atoms with E-state index in [1.54, 1.807) is 0 Å². The van der Waals surface area contributed by atoms with Crippen LogP contribution in [0.2, 0.25) is 0 Å². The van der Waals surface area contributed by atoms with Crippen LogP contribution in [0.1, 0.15) is 13.8 Å². The predicted octanol–water partition coefficient (Wildman–Crippen LogP) is 3.05. The van der Waals surface area contributed by atoms with Crippen LogP contribution in [-0.2, 0) is 0 Å². The first-order valence-electron chi connectivity index (χ1n) is 3.76. The monoisotopic (exact) mass is 184 g/mol. The molecule has 0 amide bonds. The van der Waals surface area contributed by atoms with Gasteiger partial charge in [0.15, 0.2) is 0 Å². The van der Waals surface area contributed by atoms with Crippen molar-refractivity contribution in [2.24, 2.45) is 0 Å². The van der Waals surface area contributed by atoms with Crippen molar-refractivity contribution >= 4 is 24.5 Å². The highest BCUT2D eigenvalue weighted by atomic mass is 32.7. The summed E-state index contributed by atoms with van der Waals surface area (Å²) in [6.07, 6.45) is 0. The van der Waals surface area contributed by atoms with Crippen LogP contribution in [0.4, 0.5) is 0 Å². The van der Waals surface area contributed by atoms with Crippen LogP contribution in [0, 0.1) is 0 Å². The van der Waals surface area contributed by atoms with Gasteiger partial charge < -0.3 is 0 Å². The lowest BCUT2D eigenvalue weighted by molar-refractivity contribution is 1.12. The summed E-state index contributed by atoms with van der Waals surface area (Å²) in [5.74, 6) is 0. The molecule has 1 aromatic rings. The highest BCUT2D eigenvalue weighted by Gasteiger charge is 1.94. The third-order valence-electron chi connectivity index (χ3n) is 1.19. The van der Waals surface area contributed by atoms with Gasteiger partial charge in [0.05, 0.1) is 0 Å². The summed E-state index contributed by atoms with van der Waals surface area (Å²) in [5, 5.41) is 2.19. The van der Waals surface area contributed by atoms with Gasteiger partial charge in [0.25, 0.3) is 0 Å². The van der Waals surface area contributed by atoms with E-state index in [0.29, 0.717) is 0 Å². The average Bonchev–Trinajstić information content (AvgIpc) is 2.03. The quantitative estimate of drug-likeness (QED) is 0.650. The molecule has 11 heavy (non-hydrogen) atoms. The van der Waals surface area contributed by atoms with Crippen LogP contribution in [0.5, 0.6) is 0 Å². The number of hydrogen-bond donors (Lipinski definition) is 0. The molecule has 60 valence electrons. The Hall–Kier alpha value is 0. The molecule has 1 rings (SSSR count). The normalized spacial score (nSPS) is 11.5. The van der Waals surface area contributed by atoms with Crippen molar-refractivity contribution in [3.05, 3.63) is 30.3 Å². The SMILES string of the molecule is CC(C)SPc1ccccc1. The van der Waals surface area contributed by atoms with Crippen LogP contribution in [-0.4, -0.2) is 5.25 Å². The van der Waals surface area contributed by atoms with Crippen molar-refractivity contribution in [3.8, 4) is 0 Å². The molecule has 0 nitrogen and oxygen atoms in total. The van der Waals surface area contributed by atoms with Gasteiger partial charge in [-0.25, -0.2) is 0 Å². The minimum Gasteiger partial charge on any atom is -0.130 e. The Balaban J connectivity index is 2.39. The van der Waals surface area contributed by atoms with E-state index in [1.165, 1.54) is 5.30 Å². The van der Waals surface area contributed by atoms with Crippen LogP contribution in [0.25, 0.3) is 0 Å². The van der Waals surface area contributed by atoms with E-state index in [1.807, 2.05) is 11.4 Å². The van der Waals surface area contributed by atoms with Crippen LogP contribution in [0.3, 0.4) is 0 Å². The van der Waals surface area contributed by atoms with Crippen molar-refractivity contribution in [1.82, 2.24) is 0 Å². The van der Waals surface area contributed by atoms with Crippen molar-refractivity contribution in [2.45, 2.75) is 19.1 Å². The maximum absolute atomic E-state index is 2.24. The van der Waals surface area contributed by atoms with Crippen LogP contribution >= 0.6 is 19.2 Å². The molecule has 0 aromatic heterocycles. The van der Waals surface area contributed by atoms with Crippen molar-refractivity contribution in [3.63, 3.8) is 0 Å². The molecule has 0 heterocycles. The molecule has 0 saturated heterocycles. The van der Waals surface area contributed by atoms with E-state index in [4.69, 9.17) is 0 Å². The first-order chi connectivity index (χ1) is 5.29. The zero-order valence-corrected chi connectivity index (χ0v) is 8.69. The van der Waals surface area contributed by atoms with Crippen molar-refractivity contribution in [2.75, 3.05) is 0 Å². The minimum absolute atomic E-state index is 0.744. The van der Waals surface area contributed by atoms with Crippen molar-refractivity contribution < 1.29 is 0 Å². The summed E-state index contributed by atoms with van der Waals surface area (Å²) >= 11 is 2.01. The fourth-order valence-corrected chi connectivity index (χ4v) is 2.92. The highest BCUT2D eigenvalue weighted by molar-refractivity contribution is 8.51. The van der Waals surface area contributed by atoms with E-state index < -0.39 is 0 Å². The fraction of sp³-hybridized carbons (Fsp3) is 0.333. The molecule has 1 aromatic carbocycles. The number of rotatable bonds is 3. The topological polar surface area (TPSA) is 0 Å². The third kappa shape index (κ3) is 3.79. The first-order valence-corrected chi connectivity index (χ1v) is 6.36. The zero-order chi connectivity index (χ0) is 8.10. The van der Waals surface area contributed by atoms with E-state index >= 15 is 0 Å². The lowest BCUT2D eigenvalue weighted by Gasteiger charge is -2.03. The van der Waals surface area contributed by atoms with Gasteiger partial charge in [0, 0.05) is 5.25 Å². The molecule has 1 unspecified atom stereocenters. The van der Waals surface area contributed by atoms with Gasteiger partial charge in [-0.3, -0.25) is 0 Å². The Bertz CT molecular complexity index is 196. The molecule has 0 fully saturated rings. The lowest BCUT2D eigenvalue weighted by Crippen LogP contribution is -1.90. The summed E-state index contributed by atoms with van der Waals surface area (Å²) in [5.41, 5.74) is 0. The maximum atomic E-state index is 2.24. The number of benzene rings is 1. The van der Waals surface area contributed by atoms with Gasteiger partial charge in [-0.2, -0.15) is 0 Å². The molecule has 0 aliphatic carbocycles. The second-order valence-electron chi connectivity index (χ2n) is 2.63. The highest BCUT2D eigenvalue weighted by Crippen LogP contribution is 2.31. The summed E-state index contributed by atoms with van der Waals surface area (Å²) in [6.45, 7) is 4.47. The summed E-state index contributed by atoms with van der Waals surface area (Å²) in [7, 11) is 0.901. The molecule has 0 spiro atoms. The van der Waals surface area contributed by atoms with E-state index in [0.717, 1.165) is 13.0 Å². The standard InChI is InChI=1S/C9H13PS/c1-8(2)11-10-9-6-4-3-5-7-9/h3-8,10H,1-2H3. The van der Waals surface area contributed by atoms with Gasteiger partial charge in [-0.05, 0) is 13.1 Å². The second-order valence-corrected chi connectivity index (χ2v) is 5.91. The van der Waals surface area contributed by atoms with Gasteiger partial charge in [0.1, 0.15) is 0 Å². The Morgan fingerprint density at radius 1 is 1.18 bits per heavy atom. The average molecular weight is 184 g/mol. The van der Waals surface area contributed by atoms with E-state index in [-0.39, 0.29) is 0 Å². The molecule has 0 N–H and O–H groups in total. The molecule has 0 aliphatic rings. The molecule has 0 radical (unpaired) electrons. The molecule has 1 atom stereocenters. The second kappa shape index (κ2) is 4.79. The Labute approximate surface area is 74.3 Å². The summed E-state index contributed by atoms with van der Waals surface area (Å²) < 4.78 is 0. The molecule has 0 saturated carbocycles. The van der Waals surface area contributed by atoms with E-state index in [2.05, 4.69) is 44.2 Å². The van der Waals surface area contributed by atoms with Gasteiger partial charge in [-0.15, -0.1) is 11.4 Å². The summed E-state index contributed by atoms with van der Waals surface area (Å²) in [6, 6.07) is 10.6. The minimum atomic E-state index is 0.744. The smallest absolute Gasteiger partial charge is 0.00326 e. The maximum Gasteiger partial charge on any atom is 0.00326 e. The molecule has 0 bridgehead atoms. The third-order valence-corrected chi connectivity index (χ3v) is 4.82. The van der Waals surface area contributed by atoms with Crippen LogP contribution in [0.15, 0.2) is 30.3 Å². The first kappa shape index (κ1) is 9.09. The molecule has 2 heteroatoms. The Morgan fingerprint density at radius 2 is 1.82 bits per heavy atom. The molecular formula is C9H13PS. The lowest BCUT2D eigenvalue weighted by atomic mass is 10.4. The van der Waals surface area contributed by atoms with Crippen LogP contribution < -0.4 is 5.30 Å². The Kier molecular flexibility index (Phi) is 3.96. The predicted molar refractivity (Wildman–Crippen MR) is 57.1 cm³/mol. The Morgan fingerprint density at radius 3 is 2.36 bits per heavy atom. The van der Waals surface area contributed by atoms with Gasteiger partial charge in [0.2, 0.25) is 0 Å². The van der Waals surface area contributed by atoms with Crippen molar-refractivity contribution in [1.29, 1.82) is 0 Å². The largest absolute Gasteiger partial charge is 0.130 e. The van der Waals surface area contributed by atoms with Gasteiger partial charge >= 0.3 is 0 Å².